The highest BCUT2D eigenvalue weighted by atomic mass is 16.1. The van der Waals surface area contributed by atoms with Crippen LogP contribution in [0.2, 0.25) is 0 Å². The molecule has 1 aromatic heterocycles. The normalized spacial score (nSPS) is 10.5. The molecule has 0 saturated heterocycles. The second-order valence-electron chi connectivity index (χ2n) is 3.81. The van der Waals surface area contributed by atoms with Gasteiger partial charge >= 0.3 is 0 Å². The summed E-state index contributed by atoms with van der Waals surface area (Å²) in [4.78, 5) is 20.0. The third kappa shape index (κ3) is 2.18. The first kappa shape index (κ1) is 11.3. The number of nitrogens with zero attached hydrogens (tertiary/aromatic N) is 2. The van der Waals surface area contributed by atoms with Crippen molar-refractivity contribution in [1.29, 1.82) is 0 Å². The van der Waals surface area contributed by atoms with Gasteiger partial charge in [-0.15, -0.1) is 0 Å². The first-order valence-electron chi connectivity index (χ1n) is 5.44. The van der Waals surface area contributed by atoms with Crippen molar-refractivity contribution in [3.05, 3.63) is 29.5 Å². The lowest BCUT2D eigenvalue weighted by Crippen LogP contribution is -2.24. The van der Waals surface area contributed by atoms with E-state index >= 15 is 0 Å². The molecule has 0 aliphatic carbocycles. The molecule has 1 aromatic carbocycles. The number of nitrogens with two attached hydrogens (primary N) is 1. The van der Waals surface area contributed by atoms with E-state index < -0.39 is 0 Å². The Kier molecular flexibility index (Phi) is 2.91. The smallest absolute Gasteiger partial charge is 0.270 e. The molecule has 0 spiro atoms. The summed E-state index contributed by atoms with van der Waals surface area (Å²) >= 11 is 0. The molecule has 2 rings (SSSR count). The third-order valence-corrected chi connectivity index (χ3v) is 2.42. The van der Waals surface area contributed by atoms with Gasteiger partial charge in [0.25, 0.3) is 5.91 Å². The van der Waals surface area contributed by atoms with Crippen molar-refractivity contribution in [2.24, 2.45) is 0 Å². The lowest BCUT2D eigenvalue weighted by molar-refractivity contribution is 0.0952. The minimum absolute atomic E-state index is 0.114. The molecule has 88 valence electrons. The van der Waals surface area contributed by atoms with E-state index in [0.717, 1.165) is 10.9 Å². The highest BCUT2D eigenvalue weighted by molar-refractivity contribution is 6.04. The topological polar surface area (TPSA) is 80.9 Å². The van der Waals surface area contributed by atoms with Crippen molar-refractivity contribution in [1.82, 2.24) is 15.3 Å². The van der Waals surface area contributed by atoms with E-state index in [0.29, 0.717) is 17.8 Å². The number of hydrogen-bond donors (Lipinski definition) is 2. The Morgan fingerprint density at radius 1 is 1.41 bits per heavy atom. The molecule has 0 fully saturated rings. The fraction of sp³-hybridized carbons (Fsp3) is 0.250. The Morgan fingerprint density at radius 3 is 2.88 bits per heavy atom. The lowest BCUT2D eigenvalue weighted by Gasteiger charge is -2.07. The van der Waals surface area contributed by atoms with E-state index in [2.05, 4.69) is 15.3 Å². The molecule has 1 heterocycles. The summed E-state index contributed by atoms with van der Waals surface area (Å²) in [7, 11) is 0. The van der Waals surface area contributed by atoms with Crippen LogP contribution in [0.25, 0.3) is 10.9 Å². The molecule has 0 saturated carbocycles. The largest absolute Gasteiger partial charge is 0.368 e. The average Bonchev–Trinajstić information content (AvgIpc) is 2.29. The van der Waals surface area contributed by atoms with Gasteiger partial charge in [-0.1, -0.05) is 11.6 Å². The molecule has 5 heteroatoms. The molecular weight excluding hydrogens is 216 g/mol. The summed E-state index contributed by atoms with van der Waals surface area (Å²) < 4.78 is 0. The van der Waals surface area contributed by atoms with Crippen LogP contribution in [0.1, 0.15) is 23.0 Å². The van der Waals surface area contributed by atoms with Crippen molar-refractivity contribution in [2.75, 3.05) is 12.3 Å². The second-order valence-corrected chi connectivity index (χ2v) is 3.81. The Morgan fingerprint density at radius 2 is 2.18 bits per heavy atom. The van der Waals surface area contributed by atoms with Crippen LogP contribution in [0.15, 0.2) is 18.2 Å². The predicted octanol–water partition coefficient (Wildman–Crippen LogP) is 1.27. The van der Waals surface area contributed by atoms with E-state index in [1.54, 1.807) is 0 Å². The SMILES string of the molecule is CCNC(=O)c1nc(N)nc2ccc(C)cc12. The first-order chi connectivity index (χ1) is 8.11. The standard InChI is InChI=1S/C12H14N4O/c1-3-14-11(17)10-8-6-7(2)4-5-9(8)15-12(13)16-10/h4-6H,3H2,1-2H3,(H,14,17)(H2,13,15,16). The van der Waals surface area contributed by atoms with Crippen LogP contribution in [-0.2, 0) is 0 Å². The molecule has 5 nitrogen and oxygen atoms in total. The fourth-order valence-electron chi connectivity index (χ4n) is 1.68. The number of fused-ring (bicyclic) bond motifs is 1. The van der Waals surface area contributed by atoms with Crippen LogP contribution in [-0.4, -0.2) is 22.4 Å². The molecule has 0 aliphatic rings. The van der Waals surface area contributed by atoms with Gasteiger partial charge in [0.05, 0.1) is 5.52 Å². The zero-order valence-electron chi connectivity index (χ0n) is 9.82. The van der Waals surface area contributed by atoms with E-state index in [-0.39, 0.29) is 11.9 Å². The van der Waals surface area contributed by atoms with E-state index in [4.69, 9.17) is 5.73 Å². The summed E-state index contributed by atoms with van der Waals surface area (Å²) in [6, 6.07) is 5.65. The average molecular weight is 230 g/mol. The zero-order chi connectivity index (χ0) is 12.4. The minimum Gasteiger partial charge on any atom is -0.368 e. The number of benzene rings is 1. The minimum atomic E-state index is -0.225. The summed E-state index contributed by atoms with van der Waals surface area (Å²) in [6.45, 7) is 4.36. The zero-order valence-corrected chi connectivity index (χ0v) is 9.82. The van der Waals surface area contributed by atoms with Gasteiger partial charge in [-0.3, -0.25) is 4.79 Å². The maximum atomic E-state index is 11.9. The Hall–Kier alpha value is -2.17. The summed E-state index contributed by atoms with van der Waals surface area (Å²) in [6.07, 6.45) is 0. The number of anilines is 1. The molecule has 0 aliphatic heterocycles. The van der Waals surface area contributed by atoms with Crippen LogP contribution < -0.4 is 11.1 Å². The van der Waals surface area contributed by atoms with Gasteiger partial charge in [-0.05, 0) is 26.0 Å². The quantitative estimate of drug-likeness (QED) is 0.814. The van der Waals surface area contributed by atoms with Crippen molar-refractivity contribution >= 4 is 22.8 Å². The highest BCUT2D eigenvalue weighted by Crippen LogP contribution is 2.18. The van der Waals surface area contributed by atoms with Crippen molar-refractivity contribution in [3.8, 4) is 0 Å². The number of rotatable bonds is 2. The summed E-state index contributed by atoms with van der Waals surface area (Å²) in [5.74, 6) is -0.111. The lowest BCUT2D eigenvalue weighted by atomic mass is 10.1. The molecule has 17 heavy (non-hydrogen) atoms. The molecule has 2 aromatic rings. The first-order valence-corrected chi connectivity index (χ1v) is 5.44. The molecule has 3 N–H and O–H groups in total. The maximum absolute atomic E-state index is 11.9. The molecule has 1 amide bonds. The third-order valence-electron chi connectivity index (χ3n) is 2.42. The van der Waals surface area contributed by atoms with Crippen molar-refractivity contribution in [2.45, 2.75) is 13.8 Å². The van der Waals surface area contributed by atoms with Gasteiger partial charge in [-0.25, -0.2) is 9.97 Å². The Labute approximate surface area is 99.1 Å². The molecule has 0 bridgehead atoms. The number of hydrogen-bond acceptors (Lipinski definition) is 4. The number of carbonyl (C=O) groups is 1. The molecule has 0 unspecified atom stereocenters. The number of carbonyl (C=O) groups excluding carboxylic acids is 1. The monoisotopic (exact) mass is 230 g/mol. The summed E-state index contributed by atoms with van der Waals surface area (Å²) in [5.41, 5.74) is 7.66. The van der Waals surface area contributed by atoms with Gasteiger partial charge in [-0.2, -0.15) is 0 Å². The molecule has 0 radical (unpaired) electrons. The van der Waals surface area contributed by atoms with Gasteiger partial charge < -0.3 is 11.1 Å². The van der Waals surface area contributed by atoms with Gasteiger partial charge in [0.1, 0.15) is 5.69 Å². The number of aromatic nitrogens is 2. The van der Waals surface area contributed by atoms with Crippen LogP contribution in [0.3, 0.4) is 0 Å². The Bertz CT molecular complexity index is 580. The number of nitrogen functional groups attached to an aromatic ring is 1. The number of amides is 1. The molecule has 0 atom stereocenters. The van der Waals surface area contributed by atoms with Gasteiger partial charge in [0.15, 0.2) is 0 Å². The number of nitrogens with one attached hydrogen (secondary N) is 1. The second kappa shape index (κ2) is 4.37. The Balaban J connectivity index is 2.67. The van der Waals surface area contributed by atoms with Gasteiger partial charge in [0, 0.05) is 11.9 Å². The van der Waals surface area contributed by atoms with Crippen LogP contribution in [0.5, 0.6) is 0 Å². The van der Waals surface area contributed by atoms with Crippen LogP contribution >= 0.6 is 0 Å². The highest BCUT2D eigenvalue weighted by Gasteiger charge is 2.13. The fourth-order valence-corrected chi connectivity index (χ4v) is 1.68. The van der Waals surface area contributed by atoms with Crippen molar-refractivity contribution < 1.29 is 4.79 Å². The summed E-state index contributed by atoms with van der Waals surface area (Å²) in [5, 5.41) is 3.44. The predicted molar refractivity (Wildman–Crippen MR) is 66.7 cm³/mol. The van der Waals surface area contributed by atoms with E-state index in [9.17, 15) is 4.79 Å². The van der Waals surface area contributed by atoms with Crippen molar-refractivity contribution in [3.63, 3.8) is 0 Å². The van der Waals surface area contributed by atoms with E-state index in [1.165, 1.54) is 0 Å². The van der Waals surface area contributed by atoms with Crippen LogP contribution in [0, 0.1) is 6.92 Å². The molecular formula is C12H14N4O. The van der Waals surface area contributed by atoms with Crippen LogP contribution in [0.4, 0.5) is 5.95 Å². The number of aryl methyl sites for hydroxylation is 1. The maximum Gasteiger partial charge on any atom is 0.270 e. The van der Waals surface area contributed by atoms with E-state index in [1.807, 2.05) is 32.0 Å². The van der Waals surface area contributed by atoms with Gasteiger partial charge in [0.2, 0.25) is 5.95 Å².